The Labute approximate surface area is 157 Å². The van der Waals surface area contributed by atoms with E-state index in [1.54, 1.807) is 12.1 Å². The van der Waals surface area contributed by atoms with Crippen LogP contribution in [0.2, 0.25) is 0 Å². The molecular formula is C21H23FN2O3. The summed E-state index contributed by atoms with van der Waals surface area (Å²) in [7, 11) is 0. The van der Waals surface area contributed by atoms with Gasteiger partial charge in [-0.15, -0.1) is 0 Å². The molecule has 0 radical (unpaired) electrons. The van der Waals surface area contributed by atoms with Gasteiger partial charge < -0.3 is 14.6 Å². The standard InChI is InChI=1S/C21H23FN2O3/c1-13-11-16(14(2)24(13)19-8-9-19)7-10-20(25)27-15(3)21(26)23-18-6-4-5-17(22)12-18/h4-7,10-12,15,19H,8-9H2,1-3H3,(H,23,26)/b10-7+/t15-/m0/s1. The summed E-state index contributed by atoms with van der Waals surface area (Å²) in [6, 6.07) is 8.14. The van der Waals surface area contributed by atoms with Crippen LogP contribution in [0.4, 0.5) is 10.1 Å². The van der Waals surface area contributed by atoms with Crippen LogP contribution < -0.4 is 5.32 Å². The number of rotatable bonds is 6. The quantitative estimate of drug-likeness (QED) is 0.613. The first-order chi connectivity index (χ1) is 12.8. The first-order valence-corrected chi connectivity index (χ1v) is 8.98. The van der Waals surface area contributed by atoms with E-state index >= 15 is 0 Å². The van der Waals surface area contributed by atoms with Crippen molar-refractivity contribution >= 4 is 23.6 Å². The Hall–Kier alpha value is -2.89. The number of nitrogens with zero attached hydrogens (tertiary/aromatic N) is 1. The molecule has 1 fully saturated rings. The fourth-order valence-corrected chi connectivity index (χ4v) is 3.10. The van der Waals surface area contributed by atoms with Crippen LogP contribution in [0.15, 0.2) is 36.4 Å². The zero-order chi connectivity index (χ0) is 19.6. The van der Waals surface area contributed by atoms with Crippen LogP contribution in [0.3, 0.4) is 0 Å². The van der Waals surface area contributed by atoms with Crippen LogP contribution in [0.5, 0.6) is 0 Å². The molecule has 142 valence electrons. The molecular weight excluding hydrogens is 347 g/mol. The lowest BCUT2D eigenvalue weighted by Gasteiger charge is -2.12. The van der Waals surface area contributed by atoms with E-state index in [0.717, 1.165) is 11.3 Å². The van der Waals surface area contributed by atoms with Gasteiger partial charge in [-0.3, -0.25) is 4.79 Å². The van der Waals surface area contributed by atoms with Gasteiger partial charge in [0.25, 0.3) is 5.91 Å². The molecule has 1 amide bonds. The molecule has 1 atom stereocenters. The van der Waals surface area contributed by atoms with Crippen molar-refractivity contribution < 1.29 is 18.7 Å². The number of benzene rings is 1. The third kappa shape index (κ3) is 4.64. The topological polar surface area (TPSA) is 60.3 Å². The minimum Gasteiger partial charge on any atom is -0.449 e. The van der Waals surface area contributed by atoms with Crippen LogP contribution >= 0.6 is 0 Å². The van der Waals surface area contributed by atoms with Crippen LogP contribution in [0.25, 0.3) is 6.08 Å². The normalized spacial score (nSPS) is 15.0. The number of aryl methyl sites for hydroxylation is 1. The van der Waals surface area contributed by atoms with Gasteiger partial charge in [-0.1, -0.05) is 6.07 Å². The highest BCUT2D eigenvalue weighted by molar-refractivity contribution is 5.96. The Morgan fingerprint density at radius 1 is 1.30 bits per heavy atom. The maximum absolute atomic E-state index is 13.2. The van der Waals surface area contributed by atoms with E-state index in [1.807, 2.05) is 13.0 Å². The molecule has 1 aromatic carbocycles. The summed E-state index contributed by atoms with van der Waals surface area (Å²) in [6.45, 7) is 5.56. The molecule has 1 aromatic heterocycles. The number of carbonyl (C=O) groups excluding carboxylic acids is 2. The zero-order valence-electron chi connectivity index (χ0n) is 15.7. The predicted octanol–water partition coefficient (Wildman–Crippen LogP) is 4.16. The number of nitrogens with one attached hydrogen (secondary N) is 1. The minimum absolute atomic E-state index is 0.311. The van der Waals surface area contributed by atoms with Gasteiger partial charge in [0.1, 0.15) is 5.82 Å². The average Bonchev–Trinajstić information content (AvgIpc) is 3.39. The van der Waals surface area contributed by atoms with Crippen molar-refractivity contribution in [2.75, 3.05) is 5.32 Å². The van der Waals surface area contributed by atoms with Gasteiger partial charge in [0.2, 0.25) is 0 Å². The number of esters is 1. The molecule has 27 heavy (non-hydrogen) atoms. The molecule has 1 aliphatic rings. The van der Waals surface area contributed by atoms with Gasteiger partial charge in [0.05, 0.1) is 0 Å². The average molecular weight is 370 g/mol. The summed E-state index contributed by atoms with van der Waals surface area (Å²) < 4.78 is 20.6. The highest BCUT2D eigenvalue weighted by Crippen LogP contribution is 2.38. The van der Waals surface area contributed by atoms with E-state index in [4.69, 9.17) is 4.74 Å². The van der Waals surface area contributed by atoms with Gasteiger partial charge in [-0.2, -0.15) is 0 Å². The zero-order valence-corrected chi connectivity index (χ0v) is 15.7. The highest BCUT2D eigenvalue weighted by Gasteiger charge is 2.26. The van der Waals surface area contributed by atoms with Crippen molar-refractivity contribution in [3.05, 3.63) is 59.2 Å². The van der Waals surface area contributed by atoms with Gasteiger partial charge in [-0.05, 0) is 69.5 Å². The second kappa shape index (κ2) is 7.78. The molecule has 1 N–H and O–H groups in total. The Morgan fingerprint density at radius 3 is 2.70 bits per heavy atom. The number of ether oxygens (including phenoxy) is 1. The summed E-state index contributed by atoms with van der Waals surface area (Å²) >= 11 is 0. The summed E-state index contributed by atoms with van der Waals surface area (Å²) in [4.78, 5) is 24.1. The number of anilines is 1. The lowest BCUT2D eigenvalue weighted by Crippen LogP contribution is -2.29. The molecule has 0 unspecified atom stereocenters. The predicted molar refractivity (Wildman–Crippen MR) is 102 cm³/mol. The summed E-state index contributed by atoms with van der Waals surface area (Å²) in [5, 5.41) is 2.52. The summed E-state index contributed by atoms with van der Waals surface area (Å²) in [6.07, 6.45) is 4.43. The lowest BCUT2D eigenvalue weighted by molar-refractivity contribution is -0.148. The molecule has 0 bridgehead atoms. The van der Waals surface area contributed by atoms with Crippen LogP contribution in [0.1, 0.15) is 42.8 Å². The Balaban J connectivity index is 1.57. The third-order valence-electron chi connectivity index (χ3n) is 4.59. The van der Waals surface area contributed by atoms with Crippen molar-refractivity contribution in [3.63, 3.8) is 0 Å². The number of halogens is 1. The van der Waals surface area contributed by atoms with E-state index in [-0.39, 0.29) is 0 Å². The second-order valence-electron chi connectivity index (χ2n) is 6.84. The van der Waals surface area contributed by atoms with Crippen molar-refractivity contribution in [1.29, 1.82) is 0 Å². The van der Waals surface area contributed by atoms with Gasteiger partial charge in [0, 0.05) is 29.2 Å². The lowest BCUT2D eigenvalue weighted by atomic mass is 10.2. The fraction of sp³-hybridized carbons (Fsp3) is 0.333. The second-order valence-corrected chi connectivity index (χ2v) is 6.84. The Kier molecular flexibility index (Phi) is 5.44. The summed E-state index contributed by atoms with van der Waals surface area (Å²) in [5.41, 5.74) is 3.57. The Bertz CT molecular complexity index is 897. The molecule has 2 aromatic rings. The maximum atomic E-state index is 13.2. The first kappa shape index (κ1) is 18.9. The number of aromatic nitrogens is 1. The largest absolute Gasteiger partial charge is 0.449 e. The minimum atomic E-state index is -0.996. The van der Waals surface area contributed by atoms with Crippen LogP contribution in [0, 0.1) is 19.7 Å². The van der Waals surface area contributed by atoms with E-state index in [0.29, 0.717) is 11.7 Å². The molecule has 6 heteroatoms. The van der Waals surface area contributed by atoms with E-state index in [2.05, 4.69) is 16.8 Å². The number of hydrogen-bond acceptors (Lipinski definition) is 3. The van der Waals surface area contributed by atoms with Crippen molar-refractivity contribution in [2.45, 2.75) is 45.8 Å². The summed E-state index contributed by atoms with van der Waals surface area (Å²) in [5.74, 6) is -1.58. The SMILES string of the molecule is Cc1cc(/C=C/C(=O)O[C@@H](C)C(=O)Nc2cccc(F)c2)c(C)n1C1CC1. The molecule has 1 saturated carbocycles. The van der Waals surface area contributed by atoms with E-state index < -0.39 is 23.8 Å². The fourth-order valence-electron chi connectivity index (χ4n) is 3.10. The van der Waals surface area contributed by atoms with Crippen molar-refractivity contribution in [2.24, 2.45) is 0 Å². The van der Waals surface area contributed by atoms with E-state index in [1.165, 1.54) is 49.7 Å². The van der Waals surface area contributed by atoms with E-state index in [9.17, 15) is 14.0 Å². The monoisotopic (exact) mass is 370 g/mol. The highest BCUT2D eigenvalue weighted by atomic mass is 19.1. The van der Waals surface area contributed by atoms with Gasteiger partial charge in [-0.25, -0.2) is 9.18 Å². The first-order valence-electron chi connectivity index (χ1n) is 8.98. The van der Waals surface area contributed by atoms with Crippen molar-refractivity contribution in [3.8, 4) is 0 Å². The van der Waals surface area contributed by atoms with Gasteiger partial charge >= 0.3 is 5.97 Å². The Morgan fingerprint density at radius 2 is 2.04 bits per heavy atom. The number of hydrogen-bond donors (Lipinski definition) is 1. The molecule has 0 saturated heterocycles. The van der Waals surface area contributed by atoms with Crippen molar-refractivity contribution in [1.82, 2.24) is 4.57 Å². The molecule has 1 heterocycles. The molecule has 5 nitrogen and oxygen atoms in total. The maximum Gasteiger partial charge on any atom is 0.331 e. The molecule has 0 spiro atoms. The molecule has 1 aliphatic carbocycles. The third-order valence-corrected chi connectivity index (χ3v) is 4.59. The number of amides is 1. The molecule has 0 aliphatic heterocycles. The van der Waals surface area contributed by atoms with Crippen LogP contribution in [-0.2, 0) is 14.3 Å². The van der Waals surface area contributed by atoms with Crippen LogP contribution in [-0.4, -0.2) is 22.5 Å². The number of carbonyl (C=O) groups is 2. The van der Waals surface area contributed by atoms with Gasteiger partial charge in [0.15, 0.2) is 6.10 Å². The smallest absolute Gasteiger partial charge is 0.331 e. The molecule has 3 rings (SSSR count).